The second kappa shape index (κ2) is 9.35. The van der Waals surface area contributed by atoms with E-state index in [1.54, 1.807) is 43.4 Å². The Bertz CT molecular complexity index is 1480. The molecule has 172 valence electrons. The lowest BCUT2D eigenvalue weighted by Gasteiger charge is -2.10. The summed E-state index contributed by atoms with van der Waals surface area (Å²) in [6, 6.07) is 16.2. The number of aromatic nitrogens is 1. The zero-order valence-electron chi connectivity index (χ0n) is 17.6. The van der Waals surface area contributed by atoms with Crippen molar-refractivity contribution in [3.8, 4) is 17.0 Å². The molecule has 1 aromatic heterocycles. The second-order valence-electron chi connectivity index (χ2n) is 7.41. The van der Waals surface area contributed by atoms with Crippen molar-refractivity contribution in [2.24, 2.45) is 7.05 Å². The van der Waals surface area contributed by atoms with Gasteiger partial charge in [-0.3, -0.25) is 9.59 Å². The number of phenols is 1. The largest absolute Gasteiger partial charge is 0.507 e. The van der Waals surface area contributed by atoms with Gasteiger partial charge in [-0.2, -0.15) is 0 Å². The Morgan fingerprint density at radius 1 is 0.941 bits per heavy atom. The Morgan fingerprint density at radius 2 is 1.56 bits per heavy atom. The number of anilines is 2. The molecule has 4 rings (SSSR count). The number of carboxylic acids is 1. The van der Waals surface area contributed by atoms with Crippen LogP contribution in [0.15, 0.2) is 60.7 Å². The van der Waals surface area contributed by atoms with Crippen molar-refractivity contribution >= 4 is 74.3 Å². The summed E-state index contributed by atoms with van der Waals surface area (Å²) in [6.45, 7) is 0. The van der Waals surface area contributed by atoms with E-state index in [4.69, 9.17) is 11.6 Å². The summed E-state index contributed by atoms with van der Waals surface area (Å²) in [4.78, 5) is 36.1. The van der Waals surface area contributed by atoms with Crippen LogP contribution < -0.4 is 10.6 Å². The van der Waals surface area contributed by atoms with Crippen LogP contribution in [-0.2, 0) is 16.6 Å². The zero-order valence-corrected chi connectivity index (χ0v) is 20.5. The van der Waals surface area contributed by atoms with Crippen molar-refractivity contribution in [3.05, 3.63) is 74.8 Å². The summed E-state index contributed by atoms with van der Waals surface area (Å²) in [5.74, 6) is -3.24. The molecule has 0 saturated carbocycles. The molecule has 0 saturated heterocycles. The first-order valence-corrected chi connectivity index (χ1v) is 11.3. The van der Waals surface area contributed by atoms with Crippen LogP contribution >= 0.6 is 34.2 Å². The third-order valence-corrected chi connectivity index (χ3v) is 6.50. The van der Waals surface area contributed by atoms with E-state index in [0.717, 1.165) is 14.8 Å². The minimum atomic E-state index is -1.22. The maximum Gasteiger partial charge on any atom is 0.339 e. The highest BCUT2D eigenvalue weighted by Crippen LogP contribution is 2.37. The van der Waals surface area contributed by atoms with Gasteiger partial charge in [0.25, 0.3) is 0 Å². The average molecular weight is 590 g/mol. The number of carboxylic acid groups (broad SMARTS) is 1. The lowest BCUT2D eigenvalue weighted by molar-refractivity contribution is -0.132. The van der Waals surface area contributed by atoms with E-state index in [1.165, 1.54) is 18.2 Å². The number of rotatable bonds is 4. The predicted octanol–water partition coefficient (Wildman–Crippen LogP) is 5.08. The molecule has 3 aromatic carbocycles. The smallest absolute Gasteiger partial charge is 0.339 e. The molecule has 2 amide bonds. The highest BCUT2D eigenvalue weighted by Gasteiger charge is 2.20. The summed E-state index contributed by atoms with van der Waals surface area (Å²) in [7, 11) is 1.80. The monoisotopic (exact) mass is 589 g/mol. The molecule has 0 radical (unpaired) electrons. The fourth-order valence-electron chi connectivity index (χ4n) is 3.60. The van der Waals surface area contributed by atoms with Crippen molar-refractivity contribution < 1.29 is 24.6 Å². The molecular weight excluding hydrogens is 573 g/mol. The van der Waals surface area contributed by atoms with E-state index in [2.05, 4.69) is 33.2 Å². The number of carbonyl (C=O) groups excluding carboxylic acids is 2. The number of nitrogens with zero attached hydrogens (tertiary/aromatic N) is 1. The molecule has 34 heavy (non-hydrogen) atoms. The SMILES string of the molecule is Cn1c(-c2cccc(NC(=O)C(=O)Nc3cccc(Cl)c3)c2)c(I)c2cc(C(=O)O)c(O)cc21. The number of halogens is 2. The molecule has 4 N–H and O–H groups in total. The van der Waals surface area contributed by atoms with Crippen molar-refractivity contribution in [1.82, 2.24) is 4.57 Å². The van der Waals surface area contributed by atoms with Gasteiger partial charge in [0.2, 0.25) is 0 Å². The number of fused-ring (bicyclic) bond motifs is 1. The zero-order chi connectivity index (χ0) is 24.6. The number of aryl methyl sites for hydroxylation is 1. The van der Waals surface area contributed by atoms with Crippen LogP contribution in [0.3, 0.4) is 0 Å². The number of benzene rings is 3. The maximum absolute atomic E-state index is 12.4. The molecule has 10 heteroatoms. The highest BCUT2D eigenvalue weighted by molar-refractivity contribution is 14.1. The molecule has 0 aliphatic rings. The van der Waals surface area contributed by atoms with Crippen molar-refractivity contribution in [2.75, 3.05) is 10.6 Å². The topological polar surface area (TPSA) is 121 Å². The molecule has 8 nitrogen and oxygen atoms in total. The number of aromatic carboxylic acids is 1. The first-order valence-electron chi connectivity index (χ1n) is 9.88. The fraction of sp³-hybridized carbons (Fsp3) is 0.0417. The van der Waals surface area contributed by atoms with Crippen LogP contribution in [0, 0.1) is 3.57 Å². The Morgan fingerprint density at radius 3 is 2.18 bits per heavy atom. The van der Waals surface area contributed by atoms with Gasteiger partial charge in [-0.15, -0.1) is 0 Å². The van der Waals surface area contributed by atoms with E-state index >= 15 is 0 Å². The predicted molar refractivity (Wildman–Crippen MR) is 138 cm³/mol. The third kappa shape index (κ3) is 4.57. The molecule has 4 aromatic rings. The molecule has 0 bridgehead atoms. The van der Waals surface area contributed by atoms with Gasteiger partial charge in [-0.25, -0.2) is 4.79 Å². The summed E-state index contributed by atoms with van der Waals surface area (Å²) in [5.41, 5.74) is 2.75. The molecule has 0 fully saturated rings. The van der Waals surface area contributed by atoms with Crippen LogP contribution in [0.4, 0.5) is 11.4 Å². The molecular formula is C24H17ClIN3O5. The molecule has 0 spiro atoms. The van der Waals surface area contributed by atoms with Gasteiger partial charge in [0.1, 0.15) is 11.3 Å². The normalized spacial score (nSPS) is 10.8. The molecule has 0 aliphatic carbocycles. The van der Waals surface area contributed by atoms with Crippen molar-refractivity contribution in [3.63, 3.8) is 0 Å². The third-order valence-electron chi connectivity index (χ3n) is 5.17. The Balaban J connectivity index is 1.63. The van der Waals surface area contributed by atoms with Crippen molar-refractivity contribution in [2.45, 2.75) is 0 Å². The van der Waals surface area contributed by atoms with E-state index < -0.39 is 17.8 Å². The molecule has 0 unspecified atom stereocenters. The summed E-state index contributed by atoms with van der Waals surface area (Å²) >= 11 is 8.02. The van der Waals surface area contributed by atoms with E-state index in [0.29, 0.717) is 27.3 Å². The number of amides is 2. The quantitative estimate of drug-likeness (QED) is 0.195. The maximum atomic E-state index is 12.4. The van der Waals surface area contributed by atoms with Gasteiger partial charge in [0.15, 0.2) is 0 Å². The number of hydrogen-bond acceptors (Lipinski definition) is 4. The van der Waals surface area contributed by atoms with Crippen LogP contribution in [-0.4, -0.2) is 32.6 Å². The van der Waals surface area contributed by atoms with Crippen LogP contribution in [0.25, 0.3) is 22.2 Å². The van der Waals surface area contributed by atoms with E-state index in [9.17, 15) is 24.6 Å². The number of carbonyl (C=O) groups is 3. The van der Waals surface area contributed by atoms with E-state index in [-0.39, 0.29) is 11.3 Å². The van der Waals surface area contributed by atoms with Crippen LogP contribution in [0.1, 0.15) is 10.4 Å². The van der Waals surface area contributed by atoms with Crippen LogP contribution in [0.2, 0.25) is 5.02 Å². The standard InChI is InChI=1S/C24H17ClIN3O5/c1-29-18-11-19(30)17(24(33)34)10-16(18)20(26)21(29)12-4-2-6-14(8-12)27-22(31)23(32)28-15-7-3-5-13(25)9-15/h2-11,30H,1H3,(H,27,31)(H,28,32)(H,33,34). The van der Waals surface area contributed by atoms with Crippen molar-refractivity contribution in [1.29, 1.82) is 0 Å². The van der Waals surface area contributed by atoms with Gasteiger partial charge in [0.05, 0.1) is 11.2 Å². The van der Waals surface area contributed by atoms with Gasteiger partial charge in [0, 0.05) is 44.0 Å². The molecule has 0 atom stereocenters. The van der Waals surface area contributed by atoms with Gasteiger partial charge in [-0.1, -0.05) is 29.8 Å². The Hall–Kier alpha value is -3.57. The Labute approximate surface area is 212 Å². The fourth-order valence-corrected chi connectivity index (χ4v) is 4.90. The van der Waals surface area contributed by atoms with Gasteiger partial charge >= 0.3 is 17.8 Å². The number of nitrogens with one attached hydrogen (secondary N) is 2. The minimum absolute atomic E-state index is 0.186. The lowest BCUT2D eigenvalue weighted by Crippen LogP contribution is -2.29. The lowest BCUT2D eigenvalue weighted by atomic mass is 10.1. The number of hydrogen-bond donors (Lipinski definition) is 4. The minimum Gasteiger partial charge on any atom is -0.507 e. The van der Waals surface area contributed by atoms with Gasteiger partial charge < -0.3 is 25.4 Å². The number of aromatic hydroxyl groups is 1. The highest BCUT2D eigenvalue weighted by atomic mass is 127. The Kier molecular flexibility index (Phi) is 6.49. The molecule has 1 heterocycles. The summed E-state index contributed by atoms with van der Waals surface area (Å²) in [6.07, 6.45) is 0. The summed E-state index contributed by atoms with van der Waals surface area (Å²) in [5, 5.41) is 25.6. The summed E-state index contributed by atoms with van der Waals surface area (Å²) < 4.78 is 2.61. The second-order valence-corrected chi connectivity index (χ2v) is 8.93. The van der Waals surface area contributed by atoms with Gasteiger partial charge in [-0.05, 0) is 59.0 Å². The first kappa shape index (κ1) is 23.6. The van der Waals surface area contributed by atoms with E-state index in [1.807, 2.05) is 10.6 Å². The molecule has 0 aliphatic heterocycles. The average Bonchev–Trinajstić information content (AvgIpc) is 3.02. The first-order chi connectivity index (χ1) is 16.2. The van der Waals surface area contributed by atoms with Crippen LogP contribution in [0.5, 0.6) is 5.75 Å².